The molecule has 0 fully saturated rings. The van der Waals surface area contributed by atoms with Gasteiger partial charge in [0.2, 0.25) is 0 Å². The van der Waals surface area contributed by atoms with Crippen LogP contribution in [0.25, 0.3) is 0 Å². The van der Waals surface area contributed by atoms with Crippen molar-refractivity contribution in [1.29, 1.82) is 0 Å². The molecular formula is C8H19BrOSi. The van der Waals surface area contributed by atoms with Crippen LogP contribution in [0, 0.1) is 0 Å². The van der Waals surface area contributed by atoms with Crippen molar-refractivity contribution in [2.45, 2.75) is 32.1 Å². The highest BCUT2D eigenvalue weighted by atomic mass is 79.9. The number of ether oxygens (including phenoxy) is 1. The van der Waals surface area contributed by atoms with Crippen LogP contribution in [-0.2, 0) is 4.74 Å². The van der Waals surface area contributed by atoms with E-state index in [2.05, 4.69) is 35.6 Å². The van der Waals surface area contributed by atoms with Gasteiger partial charge in [-0.25, -0.2) is 0 Å². The molecule has 0 amide bonds. The van der Waals surface area contributed by atoms with Crippen LogP contribution in [0.1, 0.15) is 6.42 Å². The Bertz CT molecular complexity index is 90.6. The molecule has 0 aliphatic heterocycles. The van der Waals surface area contributed by atoms with Gasteiger partial charge in [0.15, 0.2) is 0 Å². The summed E-state index contributed by atoms with van der Waals surface area (Å²) in [5.74, 6) is 0. The van der Waals surface area contributed by atoms with Crippen molar-refractivity contribution in [3.05, 3.63) is 0 Å². The molecule has 0 aliphatic rings. The first-order chi connectivity index (χ1) is 5.06. The molecule has 0 unspecified atom stereocenters. The number of hydrogen-bond acceptors (Lipinski definition) is 1. The number of halogens is 1. The third-order valence-corrected chi connectivity index (χ3v) is 3.68. The van der Waals surface area contributed by atoms with E-state index in [0.29, 0.717) is 0 Å². The van der Waals surface area contributed by atoms with Gasteiger partial charge in [-0.2, -0.15) is 0 Å². The van der Waals surface area contributed by atoms with E-state index in [1.54, 1.807) is 0 Å². The van der Waals surface area contributed by atoms with Gasteiger partial charge in [0.1, 0.15) is 0 Å². The maximum atomic E-state index is 5.45. The summed E-state index contributed by atoms with van der Waals surface area (Å²) >= 11 is 3.37. The van der Waals surface area contributed by atoms with Crippen molar-refractivity contribution < 1.29 is 4.74 Å². The third kappa shape index (κ3) is 10.7. The van der Waals surface area contributed by atoms with Gasteiger partial charge in [-0.1, -0.05) is 35.6 Å². The summed E-state index contributed by atoms with van der Waals surface area (Å²) in [4.78, 5) is 0. The second-order valence-corrected chi connectivity index (χ2v) is 10.4. The molecular weight excluding hydrogens is 220 g/mol. The van der Waals surface area contributed by atoms with Crippen molar-refractivity contribution in [2.75, 3.05) is 18.5 Å². The Morgan fingerprint density at radius 1 is 1.18 bits per heavy atom. The largest absolute Gasteiger partial charge is 0.382 e. The predicted molar refractivity (Wildman–Crippen MR) is 57.4 cm³/mol. The predicted octanol–water partition coefficient (Wildman–Crippen LogP) is 3.13. The summed E-state index contributed by atoms with van der Waals surface area (Å²) in [6, 6.07) is 1.29. The summed E-state index contributed by atoms with van der Waals surface area (Å²) in [5.41, 5.74) is 0. The second-order valence-electron chi connectivity index (χ2n) is 3.97. The Morgan fingerprint density at radius 2 is 1.82 bits per heavy atom. The van der Waals surface area contributed by atoms with Crippen LogP contribution in [0.5, 0.6) is 0 Å². The minimum absolute atomic E-state index is 0.854. The lowest BCUT2D eigenvalue weighted by molar-refractivity contribution is 0.148. The fourth-order valence-corrected chi connectivity index (χ4v) is 1.62. The van der Waals surface area contributed by atoms with Crippen LogP contribution in [0.2, 0.25) is 25.7 Å². The summed E-state index contributed by atoms with van der Waals surface area (Å²) in [5, 5.41) is 1.06. The molecule has 0 radical (unpaired) electrons. The van der Waals surface area contributed by atoms with E-state index in [9.17, 15) is 0 Å². The lowest BCUT2D eigenvalue weighted by atomic mass is 10.5. The maximum Gasteiger partial charge on any atom is 0.0473 e. The minimum Gasteiger partial charge on any atom is -0.382 e. The molecule has 0 aromatic carbocycles. The fraction of sp³-hybridized carbons (Fsp3) is 1.00. The number of rotatable bonds is 6. The number of alkyl halides is 1. The molecule has 0 N–H and O–H groups in total. The molecule has 0 aromatic heterocycles. The van der Waals surface area contributed by atoms with E-state index in [1.165, 1.54) is 6.04 Å². The lowest BCUT2D eigenvalue weighted by Crippen LogP contribution is -2.21. The highest BCUT2D eigenvalue weighted by Gasteiger charge is 2.11. The zero-order valence-electron chi connectivity index (χ0n) is 7.82. The highest BCUT2D eigenvalue weighted by molar-refractivity contribution is 9.09. The van der Waals surface area contributed by atoms with Gasteiger partial charge in [0.05, 0.1) is 0 Å². The maximum absolute atomic E-state index is 5.45. The van der Waals surface area contributed by atoms with Crippen LogP contribution in [-0.4, -0.2) is 26.6 Å². The van der Waals surface area contributed by atoms with Gasteiger partial charge in [0.25, 0.3) is 0 Å². The van der Waals surface area contributed by atoms with E-state index in [1.807, 2.05) is 0 Å². The quantitative estimate of drug-likeness (QED) is 0.393. The molecule has 1 nitrogen and oxygen atoms in total. The summed E-state index contributed by atoms with van der Waals surface area (Å²) < 4.78 is 5.45. The Hall–Kier alpha value is 0.657. The fourth-order valence-electron chi connectivity index (χ4n) is 0.637. The van der Waals surface area contributed by atoms with E-state index in [4.69, 9.17) is 4.74 Å². The van der Waals surface area contributed by atoms with Gasteiger partial charge in [-0.05, 0) is 12.5 Å². The van der Waals surface area contributed by atoms with Crippen molar-refractivity contribution in [3.8, 4) is 0 Å². The Kier molecular flexibility index (Phi) is 6.57. The molecule has 0 aromatic rings. The van der Waals surface area contributed by atoms with Crippen LogP contribution >= 0.6 is 15.9 Å². The molecule has 0 atom stereocenters. The average molecular weight is 239 g/mol. The van der Waals surface area contributed by atoms with Crippen LogP contribution in [0.3, 0.4) is 0 Å². The average Bonchev–Trinajstić information content (AvgIpc) is 1.85. The SMILES string of the molecule is C[Si](C)(C)CCOCCCBr. The molecule has 0 saturated carbocycles. The number of hydrogen-bond donors (Lipinski definition) is 0. The summed E-state index contributed by atoms with van der Waals surface area (Å²) in [6.45, 7) is 9.00. The first-order valence-electron chi connectivity index (χ1n) is 4.20. The third-order valence-electron chi connectivity index (χ3n) is 1.42. The molecule has 0 rings (SSSR count). The van der Waals surface area contributed by atoms with Crippen molar-refractivity contribution in [2.24, 2.45) is 0 Å². The molecule has 0 aliphatic carbocycles. The minimum atomic E-state index is -0.854. The van der Waals surface area contributed by atoms with Gasteiger partial charge < -0.3 is 4.74 Å². The van der Waals surface area contributed by atoms with Gasteiger partial charge in [-0.15, -0.1) is 0 Å². The van der Waals surface area contributed by atoms with E-state index >= 15 is 0 Å². The molecule has 11 heavy (non-hydrogen) atoms. The zero-order chi connectivity index (χ0) is 8.74. The normalized spacial score (nSPS) is 12.0. The molecule has 0 saturated heterocycles. The second kappa shape index (κ2) is 6.20. The Labute approximate surface area is 79.7 Å². The van der Waals surface area contributed by atoms with Crippen molar-refractivity contribution in [1.82, 2.24) is 0 Å². The van der Waals surface area contributed by atoms with Crippen LogP contribution < -0.4 is 0 Å². The first kappa shape index (κ1) is 11.7. The van der Waals surface area contributed by atoms with E-state index in [-0.39, 0.29) is 0 Å². The monoisotopic (exact) mass is 238 g/mol. The summed E-state index contributed by atoms with van der Waals surface area (Å²) in [7, 11) is -0.854. The first-order valence-corrected chi connectivity index (χ1v) is 9.03. The van der Waals surface area contributed by atoms with Gasteiger partial charge >= 0.3 is 0 Å². The van der Waals surface area contributed by atoms with Crippen molar-refractivity contribution in [3.63, 3.8) is 0 Å². The standard InChI is InChI=1S/C8H19BrOSi/c1-11(2,3)8-7-10-6-4-5-9/h4-8H2,1-3H3. The molecule has 0 spiro atoms. The van der Waals surface area contributed by atoms with Gasteiger partial charge in [0, 0.05) is 26.6 Å². The van der Waals surface area contributed by atoms with Crippen LogP contribution in [0.15, 0.2) is 0 Å². The highest BCUT2D eigenvalue weighted by Crippen LogP contribution is 2.07. The van der Waals surface area contributed by atoms with E-state index < -0.39 is 8.07 Å². The van der Waals surface area contributed by atoms with E-state index in [0.717, 1.165) is 25.0 Å². The lowest BCUT2D eigenvalue weighted by Gasteiger charge is -2.14. The molecule has 3 heteroatoms. The smallest absolute Gasteiger partial charge is 0.0473 e. The summed E-state index contributed by atoms with van der Waals surface area (Å²) in [6.07, 6.45) is 1.13. The topological polar surface area (TPSA) is 9.23 Å². The Morgan fingerprint density at radius 3 is 2.27 bits per heavy atom. The molecule has 0 bridgehead atoms. The van der Waals surface area contributed by atoms with Crippen LogP contribution in [0.4, 0.5) is 0 Å². The Balaban J connectivity index is 3.02. The molecule has 0 heterocycles. The van der Waals surface area contributed by atoms with Crippen molar-refractivity contribution >= 4 is 24.0 Å². The molecule has 68 valence electrons. The zero-order valence-corrected chi connectivity index (χ0v) is 10.4. The van der Waals surface area contributed by atoms with Gasteiger partial charge in [-0.3, -0.25) is 0 Å².